The second-order valence-electron chi connectivity index (χ2n) is 5.70. The number of carbonyl (C=O) groups excluding carboxylic acids is 1. The number of nitrogens with one attached hydrogen (secondary N) is 1. The topological polar surface area (TPSA) is 88.6 Å². The van der Waals surface area contributed by atoms with Gasteiger partial charge < -0.3 is 10.1 Å². The van der Waals surface area contributed by atoms with Gasteiger partial charge in [0.1, 0.15) is 4.90 Å². The second kappa shape index (κ2) is 9.03. The number of carbonyl (C=O) groups is 1. The molecule has 0 saturated carbocycles. The molecule has 0 unspecified atom stereocenters. The summed E-state index contributed by atoms with van der Waals surface area (Å²) in [6.45, 7) is 1.45. The number of benzene rings is 1. The first-order chi connectivity index (χ1) is 12.9. The monoisotopic (exact) mass is 427 g/mol. The number of nitrogens with zero attached hydrogens (tertiary/aromatic N) is 2. The summed E-state index contributed by atoms with van der Waals surface area (Å²) in [5.41, 5.74) is 0.619. The van der Waals surface area contributed by atoms with Crippen molar-refractivity contribution >= 4 is 45.0 Å². The van der Waals surface area contributed by atoms with Crippen molar-refractivity contribution in [1.82, 2.24) is 9.29 Å². The third-order valence-corrected chi connectivity index (χ3v) is 6.84. The lowest BCUT2D eigenvalue weighted by molar-refractivity contribution is -0.113. The molecule has 1 saturated heterocycles. The standard InChI is InChI=1S/C17H18ClN3O4S2/c18-13-2-1-3-14(10-13)20-16(22)12-26-17-5-4-15(11-19-17)27(23,24)21-6-8-25-9-7-21/h1-5,10-11H,6-9,12H2,(H,20,22). The predicted molar refractivity (Wildman–Crippen MR) is 105 cm³/mol. The summed E-state index contributed by atoms with van der Waals surface area (Å²) >= 11 is 7.11. The van der Waals surface area contributed by atoms with E-state index in [1.807, 2.05) is 0 Å². The van der Waals surface area contributed by atoms with Crippen molar-refractivity contribution in [3.8, 4) is 0 Å². The highest BCUT2D eigenvalue weighted by atomic mass is 35.5. The maximum absolute atomic E-state index is 12.5. The van der Waals surface area contributed by atoms with Gasteiger partial charge in [0, 0.05) is 30.0 Å². The third-order valence-electron chi connectivity index (χ3n) is 3.78. The maximum atomic E-state index is 12.5. The Balaban J connectivity index is 1.56. The molecule has 1 aromatic carbocycles. The molecule has 0 spiro atoms. The summed E-state index contributed by atoms with van der Waals surface area (Å²) < 4.78 is 31.7. The highest BCUT2D eigenvalue weighted by molar-refractivity contribution is 7.99. The van der Waals surface area contributed by atoms with Crippen LogP contribution in [0.1, 0.15) is 0 Å². The number of hydrogen-bond acceptors (Lipinski definition) is 6. The van der Waals surface area contributed by atoms with E-state index in [1.54, 1.807) is 30.3 Å². The zero-order valence-corrected chi connectivity index (χ0v) is 16.7. The van der Waals surface area contributed by atoms with Crippen LogP contribution in [0.25, 0.3) is 0 Å². The molecule has 27 heavy (non-hydrogen) atoms. The van der Waals surface area contributed by atoms with Crippen LogP contribution < -0.4 is 5.32 Å². The van der Waals surface area contributed by atoms with Gasteiger partial charge in [0.15, 0.2) is 0 Å². The van der Waals surface area contributed by atoms with Crippen molar-refractivity contribution < 1.29 is 17.9 Å². The van der Waals surface area contributed by atoms with Crippen LogP contribution in [0, 0.1) is 0 Å². The molecule has 0 bridgehead atoms. The Kier molecular flexibility index (Phi) is 6.72. The quantitative estimate of drug-likeness (QED) is 0.712. The molecule has 0 atom stereocenters. The number of aromatic nitrogens is 1. The molecule has 1 fully saturated rings. The summed E-state index contributed by atoms with van der Waals surface area (Å²) in [4.78, 5) is 16.3. The number of hydrogen-bond donors (Lipinski definition) is 1. The lowest BCUT2D eigenvalue weighted by Gasteiger charge is -2.25. The molecule has 144 valence electrons. The molecular weight excluding hydrogens is 410 g/mol. The molecule has 0 radical (unpaired) electrons. The molecule has 2 aromatic rings. The summed E-state index contributed by atoms with van der Waals surface area (Å²) in [5.74, 6) is -0.0520. The van der Waals surface area contributed by atoms with Crippen molar-refractivity contribution in [2.75, 3.05) is 37.4 Å². The van der Waals surface area contributed by atoms with Crippen molar-refractivity contribution in [1.29, 1.82) is 0 Å². The highest BCUT2D eigenvalue weighted by Crippen LogP contribution is 2.21. The Bertz CT molecular complexity index is 901. The number of thioether (sulfide) groups is 1. The fraction of sp³-hybridized carbons (Fsp3) is 0.294. The van der Waals surface area contributed by atoms with Crippen LogP contribution in [0.5, 0.6) is 0 Å². The number of rotatable bonds is 6. The van der Waals surface area contributed by atoms with Crippen LogP contribution >= 0.6 is 23.4 Å². The molecule has 10 heteroatoms. The Morgan fingerprint density at radius 1 is 1.26 bits per heavy atom. The minimum Gasteiger partial charge on any atom is -0.379 e. The molecule has 1 amide bonds. The Hall–Kier alpha value is -1.65. The van der Waals surface area contributed by atoms with Crippen LogP contribution in [0.15, 0.2) is 52.5 Å². The maximum Gasteiger partial charge on any atom is 0.244 e. The minimum atomic E-state index is -3.57. The van der Waals surface area contributed by atoms with Gasteiger partial charge in [-0.1, -0.05) is 29.4 Å². The molecule has 1 aliphatic heterocycles. The van der Waals surface area contributed by atoms with Gasteiger partial charge in [0.2, 0.25) is 15.9 Å². The second-order valence-corrected chi connectivity index (χ2v) is 9.07. The number of sulfonamides is 1. The Morgan fingerprint density at radius 2 is 2.04 bits per heavy atom. The minimum absolute atomic E-state index is 0.136. The summed E-state index contributed by atoms with van der Waals surface area (Å²) in [7, 11) is -3.57. The number of anilines is 1. The number of ether oxygens (including phenoxy) is 1. The smallest absolute Gasteiger partial charge is 0.244 e. The van der Waals surface area contributed by atoms with E-state index in [9.17, 15) is 13.2 Å². The van der Waals surface area contributed by atoms with Crippen molar-refractivity contribution in [3.63, 3.8) is 0 Å². The fourth-order valence-electron chi connectivity index (χ4n) is 2.44. The molecule has 1 N–H and O–H groups in total. The first-order valence-electron chi connectivity index (χ1n) is 8.17. The zero-order chi connectivity index (χ0) is 19.3. The number of amides is 1. The SMILES string of the molecule is O=C(CSc1ccc(S(=O)(=O)N2CCOCC2)cn1)Nc1cccc(Cl)c1. The number of morpholine rings is 1. The van der Waals surface area contributed by atoms with E-state index in [1.165, 1.54) is 28.3 Å². The summed E-state index contributed by atoms with van der Waals surface area (Å²) in [6.07, 6.45) is 1.32. The van der Waals surface area contributed by atoms with Crippen molar-refractivity contribution in [2.45, 2.75) is 9.92 Å². The van der Waals surface area contributed by atoms with E-state index in [4.69, 9.17) is 16.3 Å². The molecule has 3 rings (SSSR count). The number of pyridine rings is 1. The lowest BCUT2D eigenvalue weighted by atomic mass is 10.3. The first-order valence-corrected chi connectivity index (χ1v) is 11.0. The third kappa shape index (κ3) is 5.43. The molecule has 7 nitrogen and oxygen atoms in total. The van der Waals surface area contributed by atoms with Gasteiger partial charge in [-0.25, -0.2) is 13.4 Å². The number of halogens is 1. The summed E-state index contributed by atoms with van der Waals surface area (Å²) in [5, 5.41) is 3.85. The zero-order valence-electron chi connectivity index (χ0n) is 14.3. The van der Waals surface area contributed by atoms with Crippen molar-refractivity contribution in [2.24, 2.45) is 0 Å². The first kappa shape index (κ1) is 20.1. The van der Waals surface area contributed by atoms with E-state index < -0.39 is 10.0 Å². The largest absolute Gasteiger partial charge is 0.379 e. The van der Waals surface area contributed by atoms with Gasteiger partial charge in [-0.05, 0) is 30.3 Å². The molecule has 1 aliphatic rings. The molecule has 0 aliphatic carbocycles. The van der Waals surface area contributed by atoms with Gasteiger partial charge in [0.05, 0.1) is 24.0 Å². The van der Waals surface area contributed by atoms with E-state index in [0.29, 0.717) is 42.0 Å². The van der Waals surface area contributed by atoms with E-state index in [-0.39, 0.29) is 16.6 Å². The van der Waals surface area contributed by atoms with Gasteiger partial charge in [0.25, 0.3) is 0 Å². The fourth-order valence-corrected chi connectivity index (χ4v) is 4.63. The normalized spacial score (nSPS) is 15.4. The van der Waals surface area contributed by atoms with Crippen LogP contribution in [0.4, 0.5) is 5.69 Å². The molecular formula is C17H18ClN3O4S2. The Morgan fingerprint density at radius 3 is 2.70 bits per heavy atom. The summed E-state index contributed by atoms with van der Waals surface area (Å²) in [6, 6.07) is 9.99. The van der Waals surface area contributed by atoms with Crippen LogP contribution in [-0.2, 0) is 19.6 Å². The average molecular weight is 428 g/mol. The predicted octanol–water partition coefficient (Wildman–Crippen LogP) is 2.49. The Labute approximate surface area is 167 Å². The van der Waals surface area contributed by atoms with E-state index in [2.05, 4.69) is 10.3 Å². The van der Waals surface area contributed by atoms with Gasteiger partial charge in [-0.15, -0.1) is 0 Å². The highest BCUT2D eigenvalue weighted by Gasteiger charge is 2.26. The van der Waals surface area contributed by atoms with Crippen LogP contribution in [0.2, 0.25) is 5.02 Å². The van der Waals surface area contributed by atoms with Gasteiger partial charge in [-0.2, -0.15) is 4.31 Å². The van der Waals surface area contributed by atoms with Crippen molar-refractivity contribution in [3.05, 3.63) is 47.6 Å². The lowest BCUT2D eigenvalue weighted by Crippen LogP contribution is -2.40. The van der Waals surface area contributed by atoms with E-state index in [0.717, 1.165) is 0 Å². The van der Waals surface area contributed by atoms with Crippen LogP contribution in [0.3, 0.4) is 0 Å². The van der Waals surface area contributed by atoms with E-state index >= 15 is 0 Å². The van der Waals surface area contributed by atoms with Gasteiger partial charge >= 0.3 is 0 Å². The van der Waals surface area contributed by atoms with Crippen LogP contribution in [-0.4, -0.2) is 55.7 Å². The molecule has 2 heterocycles. The average Bonchev–Trinajstić information content (AvgIpc) is 2.67. The van der Waals surface area contributed by atoms with Gasteiger partial charge in [-0.3, -0.25) is 4.79 Å². The molecule has 1 aromatic heterocycles.